The first-order chi connectivity index (χ1) is 12.6. The van der Waals surface area contributed by atoms with Crippen LogP contribution in [0.5, 0.6) is 5.75 Å². The van der Waals surface area contributed by atoms with Crippen molar-refractivity contribution < 1.29 is 14.3 Å². The number of nitrogens with zero attached hydrogens (tertiary/aromatic N) is 2. The van der Waals surface area contributed by atoms with Gasteiger partial charge in [0.1, 0.15) is 5.75 Å². The molecule has 0 aliphatic carbocycles. The Balaban J connectivity index is 1.44. The summed E-state index contributed by atoms with van der Waals surface area (Å²) in [6.07, 6.45) is 6.29. The number of aryl methyl sites for hydroxylation is 1. The SMILES string of the molecule is Cn1cc(C=CC(=O)NNC(=O)COc2ccc3ccccc3c2)cn1. The van der Waals surface area contributed by atoms with Crippen LogP contribution in [0.4, 0.5) is 0 Å². The number of amides is 2. The van der Waals surface area contributed by atoms with E-state index in [1.54, 1.807) is 36.3 Å². The summed E-state index contributed by atoms with van der Waals surface area (Å²) in [5.74, 6) is -0.323. The third kappa shape index (κ3) is 4.70. The molecule has 0 fully saturated rings. The Morgan fingerprint density at radius 2 is 1.96 bits per heavy atom. The van der Waals surface area contributed by atoms with Gasteiger partial charge in [-0.25, -0.2) is 0 Å². The number of carbonyl (C=O) groups excluding carboxylic acids is 2. The number of ether oxygens (including phenoxy) is 1. The van der Waals surface area contributed by atoms with Crippen LogP contribution in [0.3, 0.4) is 0 Å². The zero-order valence-corrected chi connectivity index (χ0v) is 14.2. The quantitative estimate of drug-likeness (QED) is 0.543. The summed E-state index contributed by atoms with van der Waals surface area (Å²) in [7, 11) is 1.78. The largest absolute Gasteiger partial charge is 0.484 e. The predicted octanol–water partition coefficient (Wildman–Crippen LogP) is 1.81. The molecule has 132 valence electrons. The van der Waals surface area contributed by atoms with E-state index < -0.39 is 11.8 Å². The van der Waals surface area contributed by atoms with E-state index >= 15 is 0 Å². The first-order valence-corrected chi connectivity index (χ1v) is 7.97. The number of rotatable bonds is 5. The highest BCUT2D eigenvalue weighted by Gasteiger charge is 2.04. The van der Waals surface area contributed by atoms with Crippen molar-refractivity contribution in [3.8, 4) is 5.75 Å². The van der Waals surface area contributed by atoms with Crippen LogP contribution >= 0.6 is 0 Å². The maximum Gasteiger partial charge on any atom is 0.276 e. The van der Waals surface area contributed by atoms with Crippen molar-refractivity contribution in [2.24, 2.45) is 7.05 Å². The molecule has 26 heavy (non-hydrogen) atoms. The summed E-state index contributed by atoms with van der Waals surface area (Å²) in [6, 6.07) is 13.4. The summed E-state index contributed by atoms with van der Waals surface area (Å²) >= 11 is 0. The van der Waals surface area contributed by atoms with E-state index in [2.05, 4.69) is 16.0 Å². The highest BCUT2D eigenvalue weighted by molar-refractivity contribution is 5.93. The molecular formula is C19H18N4O3. The van der Waals surface area contributed by atoms with Gasteiger partial charge in [-0.05, 0) is 29.0 Å². The molecule has 3 aromatic rings. The van der Waals surface area contributed by atoms with Gasteiger partial charge in [0.05, 0.1) is 6.20 Å². The van der Waals surface area contributed by atoms with Crippen molar-refractivity contribution >= 4 is 28.7 Å². The van der Waals surface area contributed by atoms with E-state index in [1.807, 2.05) is 36.4 Å². The molecule has 7 heteroatoms. The Hall–Kier alpha value is -3.61. The van der Waals surface area contributed by atoms with Gasteiger partial charge in [0.2, 0.25) is 0 Å². The van der Waals surface area contributed by atoms with E-state index in [4.69, 9.17) is 4.74 Å². The Morgan fingerprint density at radius 1 is 1.15 bits per heavy atom. The molecule has 0 atom stereocenters. The molecule has 7 nitrogen and oxygen atoms in total. The van der Waals surface area contributed by atoms with Gasteiger partial charge in [-0.2, -0.15) is 5.10 Å². The van der Waals surface area contributed by atoms with Gasteiger partial charge in [-0.1, -0.05) is 30.3 Å². The molecule has 0 saturated heterocycles. The lowest BCUT2D eigenvalue weighted by atomic mass is 10.1. The van der Waals surface area contributed by atoms with Gasteiger partial charge >= 0.3 is 0 Å². The molecule has 0 saturated carbocycles. The van der Waals surface area contributed by atoms with Crippen LogP contribution in [0.2, 0.25) is 0 Å². The maximum absolute atomic E-state index is 11.8. The van der Waals surface area contributed by atoms with Crippen molar-refractivity contribution in [1.29, 1.82) is 0 Å². The monoisotopic (exact) mass is 350 g/mol. The van der Waals surface area contributed by atoms with Crippen LogP contribution in [0.1, 0.15) is 5.56 Å². The van der Waals surface area contributed by atoms with E-state index in [-0.39, 0.29) is 6.61 Å². The number of nitrogens with one attached hydrogen (secondary N) is 2. The molecule has 1 aromatic heterocycles. The number of hydrazine groups is 1. The molecule has 0 aliphatic heterocycles. The molecule has 0 radical (unpaired) electrons. The van der Waals surface area contributed by atoms with E-state index in [0.29, 0.717) is 5.75 Å². The molecule has 2 N–H and O–H groups in total. The standard InChI is InChI=1S/C19H18N4O3/c1-23-12-14(11-20-23)6-9-18(24)21-22-19(25)13-26-17-8-7-15-4-2-3-5-16(15)10-17/h2-12H,13H2,1H3,(H,21,24)(H,22,25). The minimum Gasteiger partial charge on any atom is -0.484 e. The van der Waals surface area contributed by atoms with Crippen molar-refractivity contribution in [2.45, 2.75) is 0 Å². The third-order valence-electron chi connectivity index (χ3n) is 3.57. The second kappa shape index (κ2) is 7.98. The highest BCUT2D eigenvalue weighted by atomic mass is 16.5. The lowest BCUT2D eigenvalue weighted by Crippen LogP contribution is -2.43. The number of hydrogen-bond donors (Lipinski definition) is 2. The lowest BCUT2D eigenvalue weighted by molar-refractivity contribution is -0.128. The van der Waals surface area contributed by atoms with Crippen LogP contribution in [0.15, 0.2) is 60.9 Å². The Kier molecular flexibility index (Phi) is 5.28. The normalized spacial score (nSPS) is 10.8. The fourth-order valence-electron chi connectivity index (χ4n) is 2.31. The average Bonchev–Trinajstić information content (AvgIpc) is 3.08. The molecule has 0 bridgehead atoms. The minimum atomic E-state index is -0.457. The summed E-state index contributed by atoms with van der Waals surface area (Å²) < 4.78 is 7.08. The van der Waals surface area contributed by atoms with Crippen LogP contribution in [0.25, 0.3) is 16.8 Å². The van der Waals surface area contributed by atoms with Gasteiger partial charge in [0.15, 0.2) is 6.61 Å². The third-order valence-corrected chi connectivity index (χ3v) is 3.57. The van der Waals surface area contributed by atoms with Crippen LogP contribution < -0.4 is 15.6 Å². The van der Waals surface area contributed by atoms with Gasteiger partial charge < -0.3 is 4.74 Å². The number of carbonyl (C=O) groups is 2. The predicted molar refractivity (Wildman–Crippen MR) is 98.0 cm³/mol. The molecule has 2 aromatic carbocycles. The molecule has 3 rings (SSSR count). The zero-order chi connectivity index (χ0) is 18.4. The first-order valence-electron chi connectivity index (χ1n) is 7.97. The minimum absolute atomic E-state index is 0.203. The van der Waals surface area contributed by atoms with Crippen molar-refractivity contribution in [3.05, 3.63) is 66.5 Å². The number of aromatic nitrogens is 2. The van der Waals surface area contributed by atoms with Crippen LogP contribution in [-0.2, 0) is 16.6 Å². The van der Waals surface area contributed by atoms with Crippen molar-refractivity contribution in [3.63, 3.8) is 0 Å². The fourth-order valence-corrected chi connectivity index (χ4v) is 2.31. The number of fused-ring (bicyclic) bond motifs is 1. The molecule has 1 heterocycles. The molecule has 0 spiro atoms. The summed E-state index contributed by atoms with van der Waals surface area (Å²) in [5, 5.41) is 6.11. The zero-order valence-electron chi connectivity index (χ0n) is 14.2. The van der Waals surface area contributed by atoms with Crippen molar-refractivity contribution in [1.82, 2.24) is 20.6 Å². The summed E-state index contributed by atoms with van der Waals surface area (Å²) in [6.45, 7) is -0.203. The van der Waals surface area contributed by atoms with Crippen LogP contribution in [0, 0.1) is 0 Å². The van der Waals surface area contributed by atoms with E-state index in [0.717, 1.165) is 16.3 Å². The van der Waals surface area contributed by atoms with Gasteiger partial charge in [-0.15, -0.1) is 0 Å². The molecule has 0 unspecified atom stereocenters. The number of hydrogen-bond acceptors (Lipinski definition) is 4. The first kappa shape index (κ1) is 17.2. The second-order valence-corrected chi connectivity index (χ2v) is 5.62. The van der Waals surface area contributed by atoms with Crippen molar-refractivity contribution in [2.75, 3.05) is 6.61 Å². The fraction of sp³-hybridized carbons (Fsp3) is 0.105. The second-order valence-electron chi connectivity index (χ2n) is 5.62. The summed E-state index contributed by atoms with van der Waals surface area (Å²) in [5.41, 5.74) is 5.37. The van der Waals surface area contributed by atoms with E-state index in [9.17, 15) is 9.59 Å². The molecular weight excluding hydrogens is 332 g/mol. The topological polar surface area (TPSA) is 85.2 Å². The van der Waals surface area contributed by atoms with Crippen LogP contribution in [-0.4, -0.2) is 28.2 Å². The number of benzene rings is 2. The highest BCUT2D eigenvalue weighted by Crippen LogP contribution is 2.20. The summed E-state index contributed by atoms with van der Waals surface area (Å²) in [4.78, 5) is 23.4. The maximum atomic E-state index is 11.8. The smallest absolute Gasteiger partial charge is 0.276 e. The lowest BCUT2D eigenvalue weighted by Gasteiger charge is -2.08. The van der Waals surface area contributed by atoms with Gasteiger partial charge in [0.25, 0.3) is 11.8 Å². The molecule has 2 amide bonds. The Labute approximate surface area is 150 Å². The molecule has 0 aliphatic rings. The Morgan fingerprint density at radius 3 is 2.73 bits per heavy atom. The van der Waals surface area contributed by atoms with Gasteiger partial charge in [0, 0.05) is 24.9 Å². The van der Waals surface area contributed by atoms with E-state index in [1.165, 1.54) is 6.08 Å². The Bertz CT molecular complexity index is 962. The average molecular weight is 350 g/mol. The van der Waals surface area contributed by atoms with Gasteiger partial charge in [-0.3, -0.25) is 25.1 Å².